The van der Waals surface area contributed by atoms with Crippen LogP contribution in [0.15, 0.2) is 30.3 Å². The molecule has 5 N–H and O–H groups in total. The van der Waals surface area contributed by atoms with Gasteiger partial charge in [0.15, 0.2) is 12.0 Å². The largest absolute Gasteiger partial charge is 0.430 e. The fourth-order valence-electron chi connectivity index (χ4n) is 2.44. The van der Waals surface area contributed by atoms with Gasteiger partial charge in [0.05, 0.1) is 6.61 Å². The van der Waals surface area contributed by atoms with E-state index in [0.717, 1.165) is 10.9 Å². The minimum absolute atomic E-state index is 0.218. The molecule has 1 aliphatic heterocycles. The number of para-hydroxylation sites is 1. The zero-order chi connectivity index (χ0) is 15.9. The standard InChI is InChI=1S/C14H16ClNO6/c15-14(13(20)12(19)11(18)9(6-17)21-14)22-10-5-7-3-1-2-4-8(7)16-10/h1-5,9,11-13,16-20H,6H2/t9-,11+,12+,13-,14-/m1/s1. The monoisotopic (exact) mass is 329 g/mol. The van der Waals surface area contributed by atoms with Crippen molar-refractivity contribution in [1.29, 1.82) is 0 Å². The van der Waals surface area contributed by atoms with Gasteiger partial charge in [-0.1, -0.05) is 18.2 Å². The summed E-state index contributed by atoms with van der Waals surface area (Å²) in [6.07, 6.45) is -5.98. The third-order valence-electron chi connectivity index (χ3n) is 3.65. The van der Waals surface area contributed by atoms with Gasteiger partial charge < -0.3 is 34.9 Å². The zero-order valence-corrected chi connectivity index (χ0v) is 12.1. The lowest BCUT2D eigenvalue weighted by molar-refractivity contribution is -0.300. The number of aromatic amines is 1. The highest BCUT2D eigenvalue weighted by Crippen LogP contribution is 2.36. The van der Waals surface area contributed by atoms with E-state index in [2.05, 4.69) is 4.98 Å². The molecule has 0 radical (unpaired) electrons. The Morgan fingerprint density at radius 3 is 2.64 bits per heavy atom. The second-order valence-electron chi connectivity index (χ2n) is 5.17. The maximum Gasteiger partial charge on any atom is 0.321 e. The Morgan fingerprint density at radius 1 is 1.23 bits per heavy atom. The Hall–Kier alpha value is -1.35. The number of hydrogen-bond donors (Lipinski definition) is 5. The van der Waals surface area contributed by atoms with E-state index in [4.69, 9.17) is 21.1 Å². The van der Waals surface area contributed by atoms with Crippen molar-refractivity contribution in [2.24, 2.45) is 0 Å². The number of halogens is 1. The minimum Gasteiger partial charge on any atom is -0.430 e. The molecule has 0 amide bonds. The fraction of sp³-hybridized carbons (Fsp3) is 0.429. The first kappa shape index (κ1) is 15.5. The molecule has 5 atom stereocenters. The number of H-pyrrole nitrogens is 1. The summed E-state index contributed by atoms with van der Waals surface area (Å²) >= 11 is 6.12. The average molecular weight is 330 g/mol. The van der Waals surface area contributed by atoms with Crippen LogP contribution in [0.3, 0.4) is 0 Å². The van der Waals surface area contributed by atoms with E-state index >= 15 is 0 Å². The van der Waals surface area contributed by atoms with Crippen molar-refractivity contribution in [3.05, 3.63) is 30.3 Å². The van der Waals surface area contributed by atoms with E-state index in [0.29, 0.717) is 0 Å². The van der Waals surface area contributed by atoms with Crippen LogP contribution < -0.4 is 4.74 Å². The van der Waals surface area contributed by atoms with Gasteiger partial charge in [-0.25, -0.2) is 0 Å². The van der Waals surface area contributed by atoms with Gasteiger partial charge >= 0.3 is 5.25 Å². The number of alkyl halides is 1. The van der Waals surface area contributed by atoms with E-state index < -0.39 is 36.3 Å². The first-order valence-electron chi connectivity index (χ1n) is 6.73. The van der Waals surface area contributed by atoms with E-state index in [1.807, 2.05) is 24.3 Å². The van der Waals surface area contributed by atoms with Gasteiger partial charge in [-0.15, -0.1) is 0 Å². The van der Waals surface area contributed by atoms with Crippen LogP contribution in [0.25, 0.3) is 10.9 Å². The van der Waals surface area contributed by atoms with Gasteiger partial charge in [0.25, 0.3) is 0 Å². The number of fused-ring (bicyclic) bond motifs is 1. The summed E-state index contributed by atoms with van der Waals surface area (Å²) in [7, 11) is 0. The van der Waals surface area contributed by atoms with Crippen molar-refractivity contribution < 1.29 is 29.9 Å². The maximum absolute atomic E-state index is 10.0. The van der Waals surface area contributed by atoms with Gasteiger partial charge in [-0.2, -0.15) is 0 Å². The molecule has 2 aromatic rings. The zero-order valence-electron chi connectivity index (χ0n) is 11.4. The molecule has 0 spiro atoms. The molecule has 8 heteroatoms. The lowest BCUT2D eigenvalue weighted by atomic mass is 9.99. The summed E-state index contributed by atoms with van der Waals surface area (Å²) in [5, 5.41) is 37.5. The van der Waals surface area contributed by atoms with Crippen molar-refractivity contribution in [2.75, 3.05) is 6.61 Å². The van der Waals surface area contributed by atoms with Gasteiger partial charge in [-0.3, -0.25) is 0 Å². The number of hydrogen-bond acceptors (Lipinski definition) is 6. The molecule has 22 heavy (non-hydrogen) atoms. The molecular weight excluding hydrogens is 314 g/mol. The van der Waals surface area contributed by atoms with Crippen molar-refractivity contribution in [1.82, 2.24) is 4.98 Å². The van der Waals surface area contributed by atoms with Crippen molar-refractivity contribution in [2.45, 2.75) is 29.7 Å². The number of aliphatic hydroxyl groups is 4. The van der Waals surface area contributed by atoms with Gasteiger partial charge in [0, 0.05) is 17.0 Å². The maximum atomic E-state index is 10.0. The summed E-state index contributed by atoms with van der Waals surface area (Å²) < 4.78 is 10.7. The Balaban J connectivity index is 1.88. The van der Waals surface area contributed by atoms with Crippen LogP contribution in [-0.4, -0.2) is 61.7 Å². The van der Waals surface area contributed by atoms with E-state index in [9.17, 15) is 20.4 Å². The van der Waals surface area contributed by atoms with Crippen LogP contribution in [-0.2, 0) is 4.74 Å². The summed E-state index contributed by atoms with van der Waals surface area (Å²) in [6.45, 7) is -0.588. The van der Waals surface area contributed by atoms with Crippen molar-refractivity contribution in [3.8, 4) is 5.88 Å². The Kier molecular flexibility index (Phi) is 4.02. The minimum atomic E-state index is -2.13. The van der Waals surface area contributed by atoms with Gasteiger partial charge in [0.2, 0.25) is 0 Å². The Bertz CT molecular complexity index is 629. The highest BCUT2D eigenvalue weighted by molar-refractivity contribution is 6.22. The molecule has 7 nitrogen and oxygen atoms in total. The highest BCUT2D eigenvalue weighted by atomic mass is 35.5. The van der Waals surface area contributed by atoms with E-state index in [-0.39, 0.29) is 5.88 Å². The molecule has 1 aromatic carbocycles. The topological polar surface area (TPSA) is 115 Å². The number of benzene rings is 1. The van der Waals surface area contributed by atoms with Crippen LogP contribution in [0.5, 0.6) is 5.88 Å². The summed E-state index contributed by atoms with van der Waals surface area (Å²) in [5.41, 5.74) is 0.794. The summed E-state index contributed by atoms with van der Waals surface area (Å²) in [6, 6.07) is 9.03. The number of aromatic nitrogens is 1. The predicted molar refractivity (Wildman–Crippen MR) is 77.5 cm³/mol. The van der Waals surface area contributed by atoms with Crippen LogP contribution in [0.2, 0.25) is 0 Å². The molecule has 2 heterocycles. The fourth-order valence-corrected chi connectivity index (χ4v) is 2.76. The van der Waals surface area contributed by atoms with Crippen molar-refractivity contribution >= 4 is 22.5 Å². The van der Waals surface area contributed by atoms with Crippen LogP contribution in [0, 0.1) is 0 Å². The summed E-state index contributed by atoms with van der Waals surface area (Å²) in [4.78, 5) is 2.94. The third kappa shape index (κ3) is 2.56. The molecule has 0 unspecified atom stereocenters. The second-order valence-corrected chi connectivity index (χ2v) is 5.70. The molecule has 1 aliphatic rings. The quantitative estimate of drug-likeness (QED) is 0.503. The number of aliphatic hydroxyl groups excluding tert-OH is 4. The lowest BCUT2D eigenvalue weighted by Crippen LogP contribution is -2.65. The average Bonchev–Trinajstić information content (AvgIpc) is 2.91. The van der Waals surface area contributed by atoms with Gasteiger partial charge in [-0.05, 0) is 17.7 Å². The van der Waals surface area contributed by atoms with E-state index in [1.54, 1.807) is 6.07 Å². The van der Waals surface area contributed by atoms with Crippen LogP contribution >= 0.6 is 11.6 Å². The summed E-state index contributed by atoms with van der Waals surface area (Å²) in [5.74, 6) is 0.218. The highest BCUT2D eigenvalue weighted by Gasteiger charge is 2.55. The number of rotatable bonds is 3. The Labute approximate surface area is 130 Å². The lowest BCUT2D eigenvalue weighted by Gasteiger charge is -2.43. The molecular formula is C14H16ClNO6. The SMILES string of the molecule is OC[C@H]1O[C@@](Cl)(Oc2cc3ccccc3[nH]2)[C@H](O)[C@@H](O)[C@H]1O. The second kappa shape index (κ2) is 5.69. The molecule has 120 valence electrons. The van der Waals surface area contributed by atoms with Crippen LogP contribution in [0.4, 0.5) is 0 Å². The third-order valence-corrected chi connectivity index (χ3v) is 4.04. The molecule has 1 aromatic heterocycles. The molecule has 1 fully saturated rings. The smallest absolute Gasteiger partial charge is 0.321 e. The van der Waals surface area contributed by atoms with Crippen LogP contribution in [0.1, 0.15) is 0 Å². The number of ether oxygens (including phenoxy) is 2. The molecule has 0 bridgehead atoms. The normalized spacial score (nSPS) is 35.7. The first-order valence-corrected chi connectivity index (χ1v) is 7.11. The molecule has 1 saturated heterocycles. The first-order chi connectivity index (χ1) is 10.4. The molecule has 0 aliphatic carbocycles. The van der Waals surface area contributed by atoms with E-state index in [1.165, 1.54) is 0 Å². The Morgan fingerprint density at radius 2 is 1.95 bits per heavy atom. The molecule has 3 rings (SSSR count). The molecule has 0 saturated carbocycles. The number of nitrogens with one attached hydrogen (secondary N) is 1. The van der Waals surface area contributed by atoms with Gasteiger partial charge in [0.1, 0.15) is 18.3 Å². The predicted octanol–water partition coefficient (Wildman–Crippen LogP) is -0.0869. The van der Waals surface area contributed by atoms with Crippen molar-refractivity contribution in [3.63, 3.8) is 0 Å².